The molecule has 0 radical (unpaired) electrons. The van der Waals surface area contributed by atoms with Crippen molar-refractivity contribution in [1.82, 2.24) is 5.32 Å². The third kappa shape index (κ3) is 6.27. The molecule has 0 heterocycles. The minimum atomic E-state index is -0.277. The minimum absolute atomic E-state index is 0.0397. The van der Waals surface area contributed by atoms with Crippen LogP contribution >= 0.6 is 11.8 Å². The van der Waals surface area contributed by atoms with Crippen LogP contribution in [0.4, 0.5) is 20.6 Å². The molecule has 28 heavy (non-hydrogen) atoms. The highest BCUT2D eigenvalue weighted by molar-refractivity contribution is 7.99. The molecule has 0 aliphatic heterocycles. The quantitative estimate of drug-likeness (QED) is 0.440. The monoisotopic (exact) mass is 401 g/mol. The van der Waals surface area contributed by atoms with E-state index in [0.717, 1.165) is 35.5 Å². The summed E-state index contributed by atoms with van der Waals surface area (Å²) in [6, 6.07) is 11.6. The molecule has 0 aromatic heterocycles. The molecular weight excluding hydrogens is 377 g/mol. The van der Waals surface area contributed by atoms with Gasteiger partial charge < -0.3 is 16.0 Å². The normalized spacial score (nSPS) is 13.1. The lowest BCUT2D eigenvalue weighted by molar-refractivity contribution is -0.117. The van der Waals surface area contributed by atoms with Crippen molar-refractivity contribution in [1.29, 1.82) is 0 Å². The lowest BCUT2D eigenvalue weighted by Gasteiger charge is -2.12. The van der Waals surface area contributed by atoms with Gasteiger partial charge in [-0.15, -0.1) is 11.8 Å². The molecule has 0 spiro atoms. The molecular formula is C21H24FN3O2S. The first-order valence-electron chi connectivity index (χ1n) is 9.36. The van der Waals surface area contributed by atoms with Crippen LogP contribution < -0.4 is 16.0 Å². The Bertz CT molecular complexity index is 838. The Hall–Kier alpha value is -2.54. The van der Waals surface area contributed by atoms with Crippen LogP contribution in [0.5, 0.6) is 0 Å². The third-order valence-corrected chi connectivity index (χ3v) is 5.49. The number of carbonyl (C=O) groups is 2. The zero-order chi connectivity index (χ0) is 19.9. The van der Waals surface area contributed by atoms with Crippen molar-refractivity contribution in [3.05, 3.63) is 53.8 Å². The predicted molar refractivity (Wildman–Crippen MR) is 111 cm³/mol. The van der Waals surface area contributed by atoms with Crippen molar-refractivity contribution in [3.8, 4) is 0 Å². The molecule has 1 aliphatic rings. The number of rotatable bonds is 8. The average Bonchev–Trinajstić information content (AvgIpc) is 3.51. The number of carbonyl (C=O) groups excluding carboxylic acids is 2. The average molecular weight is 402 g/mol. The van der Waals surface area contributed by atoms with Crippen LogP contribution in [0.3, 0.4) is 0 Å². The molecule has 3 N–H and O–H groups in total. The van der Waals surface area contributed by atoms with E-state index in [-0.39, 0.29) is 23.7 Å². The van der Waals surface area contributed by atoms with Crippen LogP contribution in [0.25, 0.3) is 0 Å². The number of urea groups is 1. The minimum Gasteiger partial charge on any atom is -0.338 e. The molecule has 0 bridgehead atoms. The van der Waals surface area contributed by atoms with E-state index in [0.29, 0.717) is 17.9 Å². The molecule has 7 heteroatoms. The van der Waals surface area contributed by atoms with Crippen LogP contribution in [0.2, 0.25) is 0 Å². The fourth-order valence-corrected chi connectivity index (χ4v) is 3.44. The summed E-state index contributed by atoms with van der Waals surface area (Å²) in [5, 5.41) is 8.55. The molecule has 3 rings (SSSR count). The van der Waals surface area contributed by atoms with Gasteiger partial charge >= 0.3 is 6.03 Å². The number of benzene rings is 2. The number of aryl methyl sites for hydroxylation is 1. The lowest BCUT2D eigenvalue weighted by atomic mass is 10.1. The van der Waals surface area contributed by atoms with Crippen LogP contribution in [-0.2, 0) is 4.79 Å². The zero-order valence-electron chi connectivity index (χ0n) is 15.8. The fourth-order valence-electron chi connectivity index (χ4n) is 2.59. The molecule has 5 nitrogen and oxygen atoms in total. The topological polar surface area (TPSA) is 70.2 Å². The zero-order valence-corrected chi connectivity index (χ0v) is 16.6. The Balaban J connectivity index is 1.40. The number of hydrogen-bond donors (Lipinski definition) is 3. The summed E-state index contributed by atoms with van der Waals surface area (Å²) in [6.45, 7) is 2.44. The second kappa shape index (κ2) is 9.59. The molecule has 148 valence electrons. The second-order valence-corrected chi connectivity index (χ2v) is 8.00. The van der Waals surface area contributed by atoms with E-state index in [1.54, 1.807) is 30.0 Å². The van der Waals surface area contributed by atoms with Crippen LogP contribution in [0.1, 0.15) is 24.8 Å². The molecule has 0 atom stereocenters. The van der Waals surface area contributed by atoms with Crippen molar-refractivity contribution in [2.75, 3.05) is 22.9 Å². The number of anilines is 2. The lowest BCUT2D eigenvalue weighted by Crippen LogP contribution is -2.30. The van der Waals surface area contributed by atoms with Gasteiger partial charge in [0, 0.05) is 28.7 Å². The van der Waals surface area contributed by atoms with Gasteiger partial charge in [0.25, 0.3) is 0 Å². The highest BCUT2D eigenvalue weighted by Gasteiger charge is 2.29. The highest BCUT2D eigenvalue weighted by atomic mass is 32.2. The van der Waals surface area contributed by atoms with Gasteiger partial charge in [0.1, 0.15) is 5.82 Å². The van der Waals surface area contributed by atoms with Crippen molar-refractivity contribution in [2.45, 2.75) is 31.1 Å². The molecule has 1 aliphatic carbocycles. The largest absolute Gasteiger partial charge is 0.338 e. The van der Waals surface area contributed by atoms with E-state index in [9.17, 15) is 14.0 Å². The molecule has 2 aromatic rings. The van der Waals surface area contributed by atoms with E-state index in [2.05, 4.69) is 16.0 Å². The summed E-state index contributed by atoms with van der Waals surface area (Å²) in [5.41, 5.74) is 2.28. The van der Waals surface area contributed by atoms with E-state index in [1.165, 1.54) is 12.1 Å². The molecule has 1 saturated carbocycles. The Kier molecular flexibility index (Phi) is 6.92. The van der Waals surface area contributed by atoms with Gasteiger partial charge in [-0.1, -0.05) is 6.07 Å². The number of nitrogens with one attached hydrogen (secondary N) is 3. The summed E-state index contributed by atoms with van der Waals surface area (Å²) in [4.78, 5) is 25.0. The maximum atomic E-state index is 12.9. The van der Waals surface area contributed by atoms with Crippen molar-refractivity contribution in [3.63, 3.8) is 0 Å². The first-order chi connectivity index (χ1) is 13.5. The Morgan fingerprint density at radius 3 is 2.57 bits per heavy atom. The van der Waals surface area contributed by atoms with E-state index < -0.39 is 0 Å². The Labute approximate surface area is 168 Å². The fraction of sp³-hybridized carbons (Fsp3) is 0.333. The first-order valence-corrected chi connectivity index (χ1v) is 10.3. The van der Waals surface area contributed by atoms with Gasteiger partial charge in [0.2, 0.25) is 5.91 Å². The molecule has 3 amide bonds. The number of hydrogen-bond acceptors (Lipinski definition) is 3. The molecule has 0 saturated heterocycles. The summed E-state index contributed by atoms with van der Waals surface area (Å²) >= 11 is 1.62. The highest BCUT2D eigenvalue weighted by Crippen LogP contribution is 2.30. The SMILES string of the molecule is Cc1ccc(NC(=O)C2CC2)cc1NC(=O)NCCCSc1ccc(F)cc1. The van der Waals surface area contributed by atoms with Crippen LogP contribution in [-0.4, -0.2) is 24.2 Å². The number of amides is 3. The smallest absolute Gasteiger partial charge is 0.319 e. The third-order valence-electron chi connectivity index (χ3n) is 4.39. The number of halogens is 1. The van der Waals surface area contributed by atoms with Crippen molar-refractivity contribution in [2.24, 2.45) is 5.92 Å². The van der Waals surface area contributed by atoms with Crippen LogP contribution in [0, 0.1) is 18.7 Å². The summed E-state index contributed by atoms with van der Waals surface area (Å²) in [7, 11) is 0. The summed E-state index contributed by atoms with van der Waals surface area (Å²) < 4.78 is 12.9. The first kappa shape index (κ1) is 20.2. The Morgan fingerprint density at radius 1 is 1.11 bits per heavy atom. The van der Waals surface area contributed by atoms with E-state index in [1.807, 2.05) is 19.1 Å². The molecule has 1 fully saturated rings. The maximum Gasteiger partial charge on any atom is 0.319 e. The maximum absolute atomic E-state index is 12.9. The van der Waals surface area contributed by atoms with E-state index >= 15 is 0 Å². The summed E-state index contributed by atoms with van der Waals surface area (Å²) in [6.07, 6.45) is 2.70. The van der Waals surface area contributed by atoms with Gasteiger partial charge in [-0.25, -0.2) is 9.18 Å². The van der Waals surface area contributed by atoms with Gasteiger partial charge in [-0.2, -0.15) is 0 Å². The Morgan fingerprint density at radius 2 is 1.86 bits per heavy atom. The second-order valence-electron chi connectivity index (χ2n) is 6.83. The van der Waals surface area contributed by atoms with Crippen LogP contribution in [0.15, 0.2) is 47.4 Å². The standard InChI is InChI=1S/C21H24FN3O2S/c1-14-3-8-17(24-20(26)15-4-5-15)13-19(14)25-21(27)23-11-2-12-28-18-9-6-16(22)7-10-18/h3,6-10,13,15H,2,4-5,11-12H2,1H3,(H,24,26)(H2,23,25,27). The van der Waals surface area contributed by atoms with Gasteiger partial charge in [-0.05, 0) is 73.9 Å². The van der Waals surface area contributed by atoms with Gasteiger partial charge in [0.05, 0.1) is 0 Å². The number of thioether (sulfide) groups is 1. The van der Waals surface area contributed by atoms with E-state index in [4.69, 9.17) is 0 Å². The molecule has 2 aromatic carbocycles. The van der Waals surface area contributed by atoms with Crippen molar-refractivity contribution < 1.29 is 14.0 Å². The van der Waals surface area contributed by atoms with Crippen molar-refractivity contribution >= 4 is 35.1 Å². The van der Waals surface area contributed by atoms with Gasteiger partial charge in [-0.3, -0.25) is 4.79 Å². The predicted octanol–water partition coefficient (Wildman–Crippen LogP) is 4.79. The summed E-state index contributed by atoms with van der Waals surface area (Å²) in [5.74, 6) is 0.758. The molecule has 0 unspecified atom stereocenters. The van der Waals surface area contributed by atoms with Gasteiger partial charge in [0.15, 0.2) is 0 Å².